The van der Waals surface area contributed by atoms with Crippen LogP contribution in [0.15, 0.2) is 59.6 Å². The van der Waals surface area contributed by atoms with Gasteiger partial charge in [0.25, 0.3) is 21.7 Å². The molecule has 1 atom stereocenters. The van der Waals surface area contributed by atoms with Gasteiger partial charge in [0.1, 0.15) is 6.04 Å². The van der Waals surface area contributed by atoms with E-state index in [0.29, 0.717) is 11.8 Å². The monoisotopic (exact) mass is 440 g/mol. The molecule has 0 saturated carbocycles. The summed E-state index contributed by atoms with van der Waals surface area (Å²) in [6.45, 7) is 2.01. The molecule has 0 spiro atoms. The minimum absolute atomic E-state index is 0.0506. The number of aryl methyl sites for hydroxylation is 1. The van der Waals surface area contributed by atoms with E-state index in [1.165, 1.54) is 12.1 Å². The van der Waals surface area contributed by atoms with Crippen molar-refractivity contribution in [2.45, 2.75) is 30.7 Å². The molecule has 4 rings (SSSR count). The number of aromatic nitrogens is 1. The number of carboxylic acids is 1. The van der Waals surface area contributed by atoms with Crippen LogP contribution in [0.3, 0.4) is 0 Å². The van der Waals surface area contributed by atoms with Crippen LogP contribution in [-0.2, 0) is 19.6 Å². The number of carbonyl (C=O) groups is 3. The standard InChI is InChI=1S/C22H20N2O6S/c1-14-8-10-15(11-9-14)31(29,30)24-13-17(16-5-2-3-6-18(16)24)20(25)21(26)23-12-4-7-19(23)22(27)28/h2-3,5-6,8-11,13,19H,4,7,12H2,1H3,(H,27,28)/t19-/m1/s1. The minimum Gasteiger partial charge on any atom is -0.480 e. The zero-order chi connectivity index (χ0) is 22.3. The summed E-state index contributed by atoms with van der Waals surface area (Å²) in [7, 11) is -4.02. The number of hydrogen-bond acceptors (Lipinski definition) is 5. The summed E-state index contributed by atoms with van der Waals surface area (Å²) < 4.78 is 27.5. The van der Waals surface area contributed by atoms with Crippen molar-refractivity contribution in [2.75, 3.05) is 6.54 Å². The Hall–Kier alpha value is -3.46. The summed E-state index contributed by atoms with van der Waals surface area (Å²) in [6.07, 6.45) is 1.91. The van der Waals surface area contributed by atoms with E-state index in [9.17, 15) is 27.9 Å². The van der Waals surface area contributed by atoms with Gasteiger partial charge in [0.15, 0.2) is 0 Å². The zero-order valence-corrected chi connectivity index (χ0v) is 17.5. The fourth-order valence-corrected chi connectivity index (χ4v) is 5.24. The largest absolute Gasteiger partial charge is 0.480 e. The van der Waals surface area contributed by atoms with Crippen molar-refractivity contribution in [3.8, 4) is 0 Å². The Morgan fingerprint density at radius 3 is 2.39 bits per heavy atom. The van der Waals surface area contributed by atoms with E-state index >= 15 is 0 Å². The Morgan fingerprint density at radius 1 is 1.03 bits per heavy atom. The molecule has 1 saturated heterocycles. The summed E-state index contributed by atoms with van der Waals surface area (Å²) in [5.41, 5.74) is 1.08. The number of benzene rings is 2. The van der Waals surface area contributed by atoms with Gasteiger partial charge < -0.3 is 10.0 Å². The third kappa shape index (κ3) is 3.50. The van der Waals surface area contributed by atoms with Crippen molar-refractivity contribution in [1.29, 1.82) is 0 Å². The molecule has 31 heavy (non-hydrogen) atoms. The molecule has 0 radical (unpaired) electrons. The van der Waals surface area contributed by atoms with Gasteiger partial charge in [-0.25, -0.2) is 17.2 Å². The molecule has 1 aromatic heterocycles. The summed E-state index contributed by atoms with van der Waals surface area (Å²) in [5.74, 6) is -3.04. The summed E-state index contributed by atoms with van der Waals surface area (Å²) in [5, 5.41) is 9.63. The van der Waals surface area contributed by atoms with Crippen LogP contribution >= 0.6 is 0 Å². The van der Waals surface area contributed by atoms with E-state index in [0.717, 1.165) is 20.6 Å². The molecule has 1 N–H and O–H groups in total. The van der Waals surface area contributed by atoms with Crippen LogP contribution in [0.2, 0.25) is 0 Å². The van der Waals surface area contributed by atoms with E-state index in [4.69, 9.17) is 0 Å². The number of aliphatic carboxylic acids is 1. The number of carboxylic acid groups (broad SMARTS) is 1. The highest BCUT2D eigenvalue weighted by molar-refractivity contribution is 7.90. The Labute approximate surface area is 178 Å². The Morgan fingerprint density at radius 2 is 1.71 bits per heavy atom. The van der Waals surface area contributed by atoms with Gasteiger partial charge in [-0.05, 0) is 38.0 Å². The van der Waals surface area contributed by atoms with Crippen LogP contribution in [0, 0.1) is 6.92 Å². The quantitative estimate of drug-likeness (QED) is 0.482. The lowest BCUT2D eigenvalue weighted by atomic mass is 10.1. The summed E-state index contributed by atoms with van der Waals surface area (Å²) in [4.78, 5) is 38.4. The molecule has 1 amide bonds. The summed E-state index contributed by atoms with van der Waals surface area (Å²) >= 11 is 0. The molecule has 9 heteroatoms. The maximum Gasteiger partial charge on any atom is 0.326 e. The van der Waals surface area contributed by atoms with Gasteiger partial charge in [0, 0.05) is 18.1 Å². The molecule has 2 heterocycles. The molecular formula is C22H20N2O6S. The number of amides is 1. The smallest absolute Gasteiger partial charge is 0.326 e. The van der Waals surface area contributed by atoms with Gasteiger partial charge in [-0.3, -0.25) is 9.59 Å². The first-order valence-electron chi connectivity index (χ1n) is 9.72. The third-order valence-corrected chi connectivity index (χ3v) is 7.18. The molecule has 0 aliphatic carbocycles. The first-order valence-corrected chi connectivity index (χ1v) is 11.2. The van der Waals surface area contributed by atoms with Crippen molar-refractivity contribution < 1.29 is 27.9 Å². The Kier molecular flexibility index (Phi) is 5.14. The van der Waals surface area contributed by atoms with E-state index < -0.39 is 33.7 Å². The average Bonchev–Trinajstić information content (AvgIpc) is 3.38. The highest BCUT2D eigenvalue weighted by Gasteiger charge is 2.38. The molecule has 3 aromatic rings. The topological polar surface area (TPSA) is 114 Å². The van der Waals surface area contributed by atoms with Crippen molar-refractivity contribution in [3.05, 3.63) is 65.9 Å². The zero-order valence-electron chi connectivity index (χ0n) is 16.7. The third-order valence-electron chi connectivity index (χ3n) is 5.49. The average molecular weight is 440 g/mol. The first-order chi connectivity index (χ1) is 14.7. The molecule has 8 nitrogen and oxygen atoms in total. The van der Waals surface area contributed by atoms with Crippen LogP contribution in [0.25, 0.3) is 10.9 Å². The number of carbonyl (C=O) groups excluding carboxylic acids is 2. The van der Waals surface area contributed by atoms with Gasteiger partial charge in [-0.1, -0.05) is 35.9 Å². The van der Waals surface area contributed by atoms with Crippen molar-refractivity contribution in [1.82, 2.24) is 8.87 Å². The predicted molar refractivity (Wildman–Crippen MR) is 112 cm³/mol. The van der Waals surface area contributed by atoms with Gasteiger partial charge in [0.05, 0.1) is 16.0 Å². The van der Waals surface area contributed by atoms with Gasteiger partial charge in [-0.2, -0.15) is 0 Å². The van der Waals surface area contributed by atoms with E-state index in [1.807, 2.05) is 6.92 Å². The number of ketones is 1. The lowest BCUT2D eigenvalue weighted by molar-refractivity contribution is -0.146. The highest BCUT2D eigenvalue weighted by Crippen LogP contribution is 2.28. The molecule has 0 unspecified atom stereocenters. The fourth-order valence-electron chi connectivity index (χ4n) is 3.87. The lowest BCUT2D eigenvalue weighted by Crippen LogP contribution is -2.43. The number of fused-ring (bicyclic) bond motifs is 1. The lowest BCUT2D eigenvalue weighted by Gasteiger charge is -2.20. The molecule has 1 aliphatic rings. The van der Waals surface area contributed by atoms with E-state index in [-0.39, 0.29) is 28.9 Å². The SMILES string of the molecule is Cc1ccc(S(=O)(=O)n2cc(C(=O)C(=O)N3CCC[C@@H]3C(=O)O)c3ccccc32)cc1. The van der Waals surface area contributed by atoms with Gasteiger partial charge >= 0.3 is 5.97 Å². The maximum atomic E-state index is 13.2. The van der Waals surface area contributed by atoms with Gasteiger partial charge in [-0.15, -0.1) is 0 Å². The normalized spacial score (nSPS) is 16.5. The highest BCUT2D eigenvalue weighted by atomic mass is 32.2. The second-order valence-electron chi connectivity index (χ2n) is 7.50. The number of rotatable bonds is 5. The molecular weight excluding hydrogens is 420 g/mol. The molecule has 1 aliphatic heterocycles. The van der Waals surface area contributed by atoms with Crippen LogP contribution in [-0.4, -0.2) is 52.6 Å². The number of para-hydroxylation sites is 1. The first kappa shape index (κ1) is 20.8. The van der Waals surface area contributed by atoms with E-state index in [2.05, 4.69) is 0 Å². The van der Waals surface area contributed by atoms with Crippen LogP contribution in [0.1, 0.15) is 28.8 Å². The summed E-state index contributed by atoms with van der Waals surface area (Å²) in [6, 6.07) is 11.7. The predicted octanol–water partition coefficient (Wildman–Crippen LogP) is 2.45. The van der Waals surface area contributed by atoms with Crippen LogP contribution < -0.4 is 0 Å². The maximum absolute atomic E-state index is 13.2. The van der Waals surface area contributed by atoms with Crippen LogP contribution in [0.4, 0.5) is 0 Å². The van der Waals surface area contributed by atoms with Crippen molar-refractivity contribution >= 4 is 38.6 Å². The number of hydrogen-bond donors (Lipinski definition) is 1. The Bertz CT molecular complexity index is 1310. The minimum atomic E-state index is -4.02. The number of nitrogens with zero attached hydrogens (tertiary/aromatic N) is 2. The second kappa shape index (κ2) is 7.66. The van der Waals surface area contributed by atoms with Crippen molar-refractivity contribution in [3.63, 3.8) is 0 Å². The molecule has 2 aromatic carbocycles. The van der Waals surface area contributed by atoms with Gasteiger partial charge in [0.2, 0.25) is 0 Å². The van der Waals surface area contributed by atoms with E-state index in [1.54, 1.807) is 36.4 Å². The molecule has 1 fully saturated rings. The molecule has 160 valence electrons. The number of Topliss-reactive ketones (excluding diaryl/α,β-unsaturated/α-hetero) is 1. The van der Waals surface area contributed by atoms with Crippen molar-refractivity contribution in [2.24, 2.45) is 0 Å². The fraction of sp³-hybridized carbons (Fsp3) is 0.227. The second-order valence-corrected chi connectivity index (χ2v) is 9.31. The van der Waals surface area contributed by atoms with Crippen LogP contribution in [0.5, 0.6) is 0 Å². The number of likely N-dealkylation sites (tertiary alicyclic amines) is 1. The Balaban J connectivity index is 1.80. The molecule has 0 bridgehead atoms.